The second kappa shape index (κ2) is 12.4. The van der Waals surface area contributed by atoms with Gasteiger partial charge in [0.1, 0.15) is 0 Å². The summed E-state index contributed by atoms with van der Waals surface area (Å²) in [6, 6.07) is 64.1. The Bertz CT molecular complexity index is 2730. The number of nitrogens with zero attached hydrogens (tertiary/aromatic N) is 4. The van der Waals surface area contributed by atoms with Gasteiger partial charge in [-0.15, -0.1) is 0 Å². The fourth-order valence-corrected chi connectivity index (χ4v) is 7.50. The van der Waals surface area contributed by atoms with Gasteiger partial charge in [-0.05, 0) is 65.7 Å². The maximum Gasteiger partial charge on any atom is 0.160 e. The van der Waals surface area contributed by atoms with Crippen molar-refractivity contribution in [2.75, 3.05) is 4.90 Å². The monoisotopic (exact) mass is 664 g/mol. The lowest BCUT2D eigenvalue weighted by molar-refractivity contribution is 1.16. The van der Waals surface area contributed by atoms with Gasteiger partial charge in [0.15, 0.2) is 5.82 Å². The van der Waals surface area contributed by atoms with Crippen LogP contribution in [0.25, 0.3) is 73.5 Å². The fraction of sp³-hybridized carbons (Fsp3) is 0. The Balaban J connectivity index is 1.19. The van der Waals surface area contributed by atoms with Crippen LogP contribution in [0.1, 0.15) is 11.1 Å². The molecule has 10 rings (SSSR count). The summed E-state index contributed by atoms with van der Waals surface area (Å²) < 4.78 is 2.40. The van der Waals surface area contributed by atoms with Gasteiger partial charge in [0.2, 0.25) is 0 Å². The van der Waals surface area contributed by atoms with E-state index in [0.717, 1.165) is 61.9 Å². The van der Waals surface area contributed by atoms with E-state index < -0.39 is 0 Å². The van der Waals surface area contributed by atoms with Crippen LogP contribution in [0.2, 0.25) is 0 Å². The highest BCUT2D eigenvalue weighted by atomic mass is 15.2. The van der Waals surface area contributed by atoms with Crippen molar-refractivity contribution in [3.8, 4) is 39.6 Å². The first-order chi connectivity index (χ1) is 25.8. The quantitative estimate of drug-likeness (QED) is 0.184. The summed E-state index contributed by atoms with van der Waals surface area (Å²) in [5, 5.41) is 2.43. The zero-order valence-electron chi connectivity index (χ0n) is 28.3. The van der Waals surface area contributed by atoms with Gasteiger partial charge < -0.3 is 9.47 Å². The largest absolute Gasteiger partial charge is 0.309 e. The molecule has 0 saturated heterocycles. The summed E-state index contributed by atoms with van der Waals surface area (Å²) >= 11 is 0. The second-order valence-corrected chi connectivity index (χ2v) is 13.1. The zero-order chi connectivity index (χ0) is 34.4. The first-order valence-electron chi connectivity index (χ1n) is 17.6. The molecule has 3 heterocycles. The molecular weight excluding hydrogens is 633 g/mol. The standard InChI is InChI=1S/C48H32N4/c1-4-15-33(16-5-1)42-31-43(50-48(49-42)35-18-6-2-7-19-35)36-20-14-23-39(29-36)52-45-26-13-11-24-40(45)41-30-37-28-27-34-17-10-12-25-44(34)51(46(37)32-47(41)52)38-21-8-3-9-22-38/h1-32H. The third kappa shape index (κ3) is 5.09. The number of anilines is 3. The maximum atomic E-state index is 5.14. The van der Waals surface area contributed by atoms with E-state index in [0.29, 0.717) is 5.82 Å². The summed E-state index contributed by atoms with van der Waals surface area (Å²) in [7, 11) is 0. The molecule has 0 amide bonds. The van der Waals surface area contributed by atoms with E-state index in [1.165, 1.54) is 21.9 Å². The van der Waals surface area contributed by atoms with Gasteiger partial charge in [-0.3, -0.25) is 0 Å². The van der Waals surface area contributed by atoms with E-state index in [1.54, 1.807) is 0 Å². The molecule has 1 aliphatic rings. The first kappa shape index (κ1) is 29.8. The second-order valence-electron chi connectivity index (χ2n) is 13.1. The van der Waals surface area contributed by atoms with Gasteiger partial charge in [0.05, 0.1) is 33.8 Å². The molecule has 0 bridgehead atoms. The number of hydrogen-bond donors (Lipinski definition) is 0. The lowest BCUT2D eigenvalue weighted by Crippen LogP contribution is -2.11. The zero-order valence-corrected chi connectivity index (χ0v) is 28.3. The van der Waals surface area contributed by atoms with Gasteiger partial charge in [-0.2, -0.15) is 0 Å². The topological polar surface area (TPSA) is 34.0 Å². The normalized spacial score (nSPS) is 12.1. The highest BCUT2D eigenvalue weighted by Gasteiger charge is 2.23. The van der Waals surface area contributed by atoms with E-state index in [-0.39, 0.29) is 0 Å². The van der Waals surface area contributed by atoms with E-state index in [2.05, 4.69) is 179 Å². The summed E-state index contributed by atoms with van der Waals surface area (Å²) in [6.45, 7) is 0. The van der Waals surface area contributed by atoms with E-state index in [1.807, 2.05) is 24.3 Å². The van der Waals surface area contributed by atoms with E-state index in [9.17, 15) is 0 Å². The molecule has 244 valence electrons. The van der Waals surface area contributed by atoms with Gasteiger partial charge in [0.25, 0.3) is 0 Å². The molecule has 4 heteroatoms. The van der Waals surface area contributed by atoms with Crippen LogP contribution in [0.5, 0.6) is 0 Å². The summed E-state index contributed by atoms with van der Waals surface area (Å²) in [6.07, 6.45) is 4.49. The number of aromatic nitrogens is 3. The number of hydrogen-bond acceptors (Lipinski definition) is 3. The van der Waals surface area contributed by atoms with Crippen LogP contribution < -0.4 is 4.90 Å². The minimum atomic E-state index is 0.705. The maximum absolute atomic E-state index is 5.14. The van der Waals surface area contributed by atoms with Crippen molar-refractivity contribution in [3.05, 3.63) is 193 Å². The highest BCUT2D eigenvalue weighted by molar-refractivity contribution is 6.12. The van der Waals surface area contributed by atoms with Crippen LogP contribution in [0, 0.1) is 0 Å². The predicted molar refractivity (Wildman–Crippen MR) is 216 cm³/mol. The van der Waals surface area contributed by atoms with Crippen LogP contribution in [-0.4, -0.2) is 14.5 Å². The van der Waals surface area contributed by atoms with Crippen LogP contribution in [-0.2, 0) is 0 Å². The lowest BCUT2D eigenvalue weighted by atomic mass is 10.1. The molecule has 0 saturated carbocycles. The van der Waals surface area contributed by atoms with Gasteiger partial charge in [-0.1, -0.05) is 140 Å². The Morgan fingerprint density at radius 2 is 0.981 bits per heavy atom. The fourth-order valence-electron chi connectivity index (χ4n) is 7.50. The SMILES string of the molecule is C1=Cc2cc3c4ccccc4n(-c4cccc(-c5cc(-c6ccccc6)nc(-c6ccccc6)n5)c4)c3cc2N(c2ccccc2)c2ccccc21. The molecule has 0 unspecified atom stereocenters. The van der Waals surface area contributed by atoms with Crippen molar-refractivity contribution < 1.29 is 0 Å². The lowest BCUT2D eigenvalue weighted by Gasteiger charge is -2.27. The molecular formula is C48H32N4. The minimum absolute atomic E-state index is 0.705. The molecule has 0 aliphatic carbocycles. The Kier molecular flexibility index (Phi) is 7.10. The third-order valence-electron chi connectivity index (χ3n) is 9.92. The Hall–Kier alpha value is -7.04. The van der Waals surface area contributed by atoms with Crippen LogP contribution >= 0.6 is 0 Å². The molecule has 4 nitrogen and oxygen atoms in total. The minimum Gasteiger partial charge on any atom is -0.309 e. The molecule has 0 radical (unpaired) electrons. The van der Waals surface area contributed by atoms with Gasteiger partial charge in [-0.25, -0.2) is 9.97 Å². The number of fused-ring (bicyclic) bond motifs is 5. The Labute approximate surface area is 302 Å². The van der Waals surface area contributed by atoms with Crippen LogP contribution in [0.3, 0.4) is 0 Å². The van der Waals surface area contributed by atoms with Crippen molar-refractivity contribution >= 4 is 51.0 Å². The average molecular weight is 665 g/mol. The Morgan fingerprint density at radius 1 is 0.365 bits per heavy atom. The smallest absolute Gasteiger partial charge is 0.160 e. The molecule has 0 N–H and O–H groups in total. The van der Waals surface area contributed by atoms with Crippen molar-refractivity contribution in [2.24, 2.45) is 0 Å². The van der Waals surface area contributed by atoms with Crippen molar-refractivity contribution in [3.63, 3.8) is 0 Å². The van der Waals surface area contributed by atoms with E-state index in [4.69, 9.17) is 9.97 Å². The molecule has 1 aliphatic heterocycles. The first-order valence-corrected chi connectivity index (χ1v) is 17.6. The molecule has 0 fully saturated rings. The van der Waals surface area contributed by atoms with Gasteiger partial charge >= 0.3 is 0 Å². The highest BCUT2D eigenvalue weighted by Crippen LogP contribution is 2.45. The van der Waals surface area contributed by atoms with Crippen molar-refractivity contribution in [1.82, 2.24) is 14.5 Å². The number of para-hydroxylation sites is 3. The number of rotatable bonds is 5. The summed E-state index contributed by atoms with van der Waals surface area (Å²) in [5.41, 5.74) is 14.0. The summed E-state index contributed by atoms with van der Waals surface area (Å²) in [4.78, 5) is 12.6. The van der Waals surface area contributed by atoms with E-state index >= 15 is 0 Å². The molecule has 7 aromatic carbocycles. The average Bonchev–Trinajstić information content (AvgIpc) is 3.44. The third-order valence-corrected chi connectivity index (χ3v) is 9.92. The van der Waals surface area contributed by atoms with Crippen LogP contribution in [0.15, 0.2) is 182 Å². The molecule has 9 aromatic rings. The molecule has 0 atom stereocenters. The molecule has 0 spiro atoms. The van der Waals surface area contributed by atoms with Crippen molar-refractivity contribution in [1.29, 1.82) is 0 Å². The molecule has 52 heavy (non-hydrogen) atoms. The van der Waals surface area contributed by atoms with Crippen molar-refractivity contribution in [2.45, 2.75) is 0 Å². The Morgan fingerprint density at radius 3 is 1.79 bits per heavy atom. The summed E-state index contributed by atoms with van der Waals surface area (Å²) in [5.74, 6) is 0.705. The van der Waals surface area contributed by atoms with Crippen LogP contribution in [0.4, 0.5) is 17.1 Å². The molecule has 2 aromatic heterocycles. The van der Waals surface area contributed by atoms with Gasteiger partial charge in [0, 0.05) is 38.8 Å². The number of benzene rings is 7. The predicted octanol–water partition coefficient (Wildman–Crippen LogP) is 12.5.